The fraction of sp³-hybridized carbons (Fsp3) is 0.273. The highest BCUT2D eigenvalue weighted by atomic mass is 19.1. The van der Waals surface area contributed by atoms with E-state index in [9.17, 15) is 9.18 Å². The van der Waals surface area contributed by atoms with Gasteiger partial charge in [-0.25, -0.2) is 9.37 Å². The van der Waals surface area contributed by atoms with Gasteiger partial charge in [0.05, 0.1) is 6.61 Å². The van der Waals surface area contributed by atoms with Gasteiger partial charge in [0, 0.05) is 42.0 Å². The molecule has 0 radical (unpaired) electrons. The van der Waals surface area contributed by atoms with Crippen molar-refractivity contribution in [1.29, 1.82) is 0 Å². The number of aromatic nitrogens is 2. The van der Waals surface area contributed by atoms with Crippen molar-refractivity contribution in [3.8, 4) is 5.88 Å². The van der Waals surface area contributed by atoms with Crippen LogP contribution >= 0.6 is 0 Å². The van der Waals surface area contributed by atoms with E-state index in [4.69, 9.17) is 4.74 Å². The molecule has 39 heavy (non-hydrogen) atoms. The van der Waals surface area contributed by atoms with Crippen LogP contribution in [0.3, 0.4) is 0 Å². The van der Waals surface area contributed by atoms with E-state index in [0.29, 0.717) is 23.8 Å². The Morgan fingerprint density at radius 1 is 1.08 bits per heavy atom. The number of nitrogens with one attached hydrogen (secondary N) is 2. The van der Waals surface area contributed by atoms with Crippen LogP contribution in [0.2, 0.25) is 0 Å². The van der Waals surface area contributed by atoms with Crippen molar-refractivity contribution in [1.82, 2.24) is 15.3 Å². The van der Waals surface area contributed by atoms with Gasteiger partial charge in [-0.2, -0.15) is 0 Å². The van der Waals surface area contributed by atoms with Gasteiger partial charge in [-0.15, -0.1) is 0 Å². The molecule has 2 heterocycles. The Kier molecular flexibility index (Phi) is 8.51. The molecule has 0 saturated heterocycles. The maximum absolute atomic E-state index is 14.6. The third-order valence-corrected chi connectivity index (χ3v) is 7.34. The molecule has 2 N–H and O–H groups in total. The molecule has 0 atom stereocenters. The first-order valence-electron chi connectivity index (χ1n) is 13.7. The van der Waals surface area contributed by atoms with E-state index in [0.717, 1.165) is 54.3 Å². The SMILES string of the molecule is CNC(=O)/C=C/CCCCOc1ccc(/C(=C(\c2ccccc2)C2CCC2)c2ccc3[nH]cc(F)c3c2)cn1. The second-order valence-electron chi connectivity index (χ2n) is 9.93. The molecule has 0 aliphatic heterocycles. The zero-order chi connectivity index (χ0) is 27.0. The van der Waals surface area contributed by atoms with E-state index in [1.54, 1.807) is 13.1 Å². The fourth-order valence-electron chi connectivity index (χ4n) is 5.05. The Hall–Kier alpha value is -4.19. The summed E-state index contributed by atoms with van der Waals surface area (Å²) in [5, 5.41) is 3.16. The Balaban J connectivity index is 1.41. The lowest BCUT2D eigenvalue weighted by atomic mass is 9.73. The number of carbonyl (C=O) groups excluding carboxylic acids is 1. The summed E-state index contributed by atoms with van der Waals surface area (Å²) in [6.07, 6.45) is 12.8. The molecular weight excluding hydrogens is 489 g/mol. The van der Waals surface area contributed by atoms with Crippen LogP contribution < -0.4 is 10.1 Å². The molecular formula is C33H34FN3O2. The number of benzene rings is 2. The molecule has 1 saturated carbocycles. The predicted molar refractivity (Wildman–Crippen MR) is 155 cm³/mol. The number of nitrogens with zero attached hydrogens (tertiary/aromatic N) is 1. The third-order valence-electron chi connectivity index (χ3n) is 7.34. The quantitative estimate of drug-likeness (QED) is 0.123. The number of likely N-dealkylation sites (N-methyl/N-ethyl adjacent to an activating group) is 1. The first-order chi connectivity index (χ1) is 19.1. The number of pyridine rings is 1. The first kappa shape index (κ1) is 26.4. The third kappa shape index (κ3) is 6.28. The summed E-state index contributed by atoms with van der Waals surface area (Å²) in [5.74, 6) is 0.690. The van der Waals surface area contributed by atoms with E-state index in [-0.39, 0.29) is 11.7 Å². The molecule has 6 heteroatoms. The average molecular weight is 524 g/mol. The Morgan fingerprint density at radius 3 is 2.62 bits per heavy atom. The van der Waals surface area contributed by atoms with Crippen LogP contribution in [0, 0.1) is 11.7 Å². The lowest BCUT2D eigenvalue weighted by Gasteiger charge is -2.31. The van der Waals surface area contributed by atoms with Crippen molar-refractivity contribution in [3.05, 3.63) is 108 Å². The molecule has 4 aromatic rings. The van der Waals surface area contributed by atoms with Gasteiger partial charge in [-0.1, -0.05) is 48.9 Å². The summed E-state index contributed by atoms with van der Waals surface area (Å²) < 4.78 is 20.5. The van der Waals surface area contributed by atoms with Gasteiger partial charge in [-0.05, 0) is 84.6 Å². The van der Waals surface area contributed by atoms with E-state index in [1.807, 2.05) is 36.5 Å². The van der Waals surface area contributed by atoms with Crippen molar-refractivity contribution >= 4 is 28.0 Å². The average Bonchev–Trinajstić information content (AvgIpc) is 3.32. The minimum Gasteiger partial charge on any atom is -0.478 e. The second-order valence-corrected chi connectivity index (χ2v) is 9.93. The van der Waals surface area contributed by atoms with Gasteiger partial charge in [0.15, 0.2) is 0 Å². The number of rotatable bonds is 11. The summed E-state index contributed by atoms with van der Waals surface area (Å²) >= 11 is 0. The van der Waals surface area contributed by atoms with Crippen LogP contribution in [-0.4, -0.2) is 29.5 Å². The molecule has 1 aliphatic carbocycles. The minimum absolute atomic E-state index is 0.0881. The monoisotopic (exact) mass is 523 g/mol. The first-order valence-corrected chi connectivity index (χ1v) is 13.7. The topological polar surface area (TPSA) is 67.0 Å². The number of allylic oxidation sites excluding steroid dienone is 2. The molecule has 0 bridgehead atoms. The van der Waals surface area contributed by atoms with Crippen LogP contribution in [0.25, 0.3) is 22.0 Å². The molecule has 5 rings (SSSR count). The molecule has 1 fully saturated rings. The van der Waals surface area contributed by atoms with E-state index in [1.165, 1.54) is 23.8 Å². The molecule has 0 spiro atoms. The summed E-state index contributed by atoms with van der Waals surface area (Å²) in [4.78, 5) is 18.9. The Labute approximate surface area is 228 Å². The molecule has 200 valence electrons. The van der Waals surface area contributed by atoms with Crippen LogP contribution in [0.5, 0.6) is 5.88 Å². The largest absolute Gasteiger partial charge is 0.478 e. The number of aromatic amines is 1. The van der Waals surface area contributed by atoms with Crippen LogP contribution in [-0.2, 0) is 4.79 Å². The second kappa shape index (κ2) is 12.6. The van der Waals surface area contributed by atoms with E-state index < -0.39 is 0 Å². The number of hydrogen-bond acceptors (Lipinski definition) is 3. The van der Waals surface area contributed by atoms with Gasteiger partial charge >= 0.3 is 0 Å². The number of amides is 1. The lowest BCUT2D eigenvalue weighted by molar-refractivity contribution is -0.116. The van der Waals surface area contributed by atoms with E-state index in [2.05, 4.69) is 51.7 Å². The zero-order valence-electron chi connectivity index (χ0n) is 22.3. The number of unbranched alkanes of at least 4 members (excludes halogenated alkanes) is 2. The molecule has 2 aromatic carbocycles. The number of carbonyl (C=O) groups is 1. The summed E-state index contributed by atoms with van der Waals surface area (Å²) in [5.41, 5.74) is 6.33. The molecule has 1 aliphatic rings. The van der Waals surface area contributed by atoms with Crippen LogP contribution in [0.4, 0.5) is 4.39 Å². The maximum atomic E-state index is 14.6. The Bertz CT molecular complexity index is 1470. The van der Waals surface area contributed by atoms with Crippen molar-refractivity contribution in [3.63, 3.8) is 0 Å². The standard InChI is InChI=1S/C33H34FN3O2/c1-35-30(38)14-7-2-3-8-19-39-31-18-16-26(21-37-31)33(25-15-17-29-27(20-25)28(34)22-36-29)32(24-12-9-13-24)23-10-5-4-6-11-23/h4-7,10-11,14-18,20-22,24,36H,2-3,8-9,12-13,19H2,1H3,(H,35,38)/b14-7+,33-32+. The Morgan fingerprint density at radius 2 is 1.90 bits per heavy atom. The number of hydrogen-bond donors (Lipinski definition) is 2. The highest BCUT2D eigenvalue weighted by molar-refractivity contribution is 6.01. The maximum Gasteiger partial charge on any atom is 0.243 e. The predicted octanol–water partition coefficient (Wildman–Crippen LogP) is 7.31. The minimum atomic E-state index is -0.248. The number of H-pyrrole nitrogens is 1. The van der Waals surface area contributed by atoms with Crippen LogP contribution in [0.1, 0.15) is 55.2 Å². The summed E-state index contributed by atoms with van der Waals surface area (Å²) in [7, 11) is 1.62. The van der Waals surface area contributed by atoms with Crippen molar-refractivity contribution in [2.45, 2.75) is 38.5 Å². The smallest absolute Gasteiger partial charge is 0.243 e. The number of halogens is 1. The van der Waals surface area contributed by atoms with Crippen molar-refractivity contribution in [2.24, 2.45) is 5.92 Å². The van der Waals surface area contributed by atoms with Gasteiger partial charge in [0.2, 0.25) is 11.8 Å². The molecule has 5 nitrogen and oxygen atoms in total. The molecule has 2 aromatic heterocycles. The summed E-state index contributed by atoms with van der Waals surface area (Å²) in [6.45, 7) is 0.559. The summed E-state index contributed by atoms with van der Waals surface area (Å²) in [6, 6.07) is 20.5. The van der Waals surface area contributed by atoms with Gasteiger partial charge in [0.1, 0.15) is 5.82 Å². The van der Waals surface area contributed by atoms with Gasteiger partial charge in [0.25, 0.3) is 0 Å². The van der Waals surface area contributed by atoms with Crippen molar-refractivity contribution in [2.75, 3.05) is 13.7 Å². The highest BCUT2D eigenvalue weighted by Gasteiger charge is 2.27. The molecule has 1 amide bonds. The van der Waals surface area contributed by atoms with E-state index >= 15 is 0 Å². The van der Waals surface area contributed by atoms with Crippen molar-refractivity contribution < 1.29 is 13.9 Å². The number of ether oxygens (including phenoxy) is 1. The number of fused-ring (bicyclic) bond motifs is 1. The van der Waals surface area contributed by atoms with Gasteiger partial charge in [-0.3, -0.25) is 4.79 Å². The highest BCUT2D eigenvalue weighted by Crippen LogP contribution is 2.45. The normalized spacial score (nSPS) is 14.3. The van der Waals surface area contributed by atoms with Crippen LogP contribution in [0.15, 0.2) is 85.2 Å². The zero-order valence-corrected chi connectivity index (χ0v) is 22.3. The fourth-order valence-corrected chi connectivity index (χ4v) is 5.05. The van der Waals surface area contributed by atoms with Gasteiger partial charge < -0.3 is 15.0 Å². The lowest BCUT2D eigenvalue weighted by Crippen LogP contribution is -2.15. The molecule has 0 unspecified atom stereocenters.